The van der Waals surface area contributed by atoms with E-state index in [-0.39, 0.29) is 6.04 Å². The summed E-state index contributed by atoms with van der Waals surface area (Å²) in [6.07, 6.45) is 0.664. The van der Waals surface area contributed by atoms with E-state index in [1.165, 1.54) is 6.92 Å². The lowest BCUT2D eigenvalue weighted by Gasteiger charge is -2.15. The van der Waals surface area contributed by atoms with Crippen molar-refractivity contribution in [2.75, 3.05) is 5.32 Å². The average molecular weight is 319 g/mol. The SMILES string of the molecule is Cc1cc(C(=O)O[C@H](C)C(=O)Nc2ccnn2C(C)C)c(C)o1. The van der Waals surface area contributed by atoms with Gasteiger partial charge >= 0.3 is 5.97 Å². The van der Waals surface area contributed by atoms with E-state index < -0.39 is 18.0 Å². The van der Waals surface area contributed by atoms with Crippen molar-refractivity contribution < 1.29 is 18.7 Å². The number of ether oxygens (including phenoxy) is 1. The summed E-state index contributed by atoms with van der Waals surface area (Å²) < 4.78 is 12.2. The van der Waals surface area contributed by atoms with Gasteiger partial charge < -0.3 is 14.5 Å². The second-order valence-electron chi connectivity index (χ2n) is 5.62. The van der Waals surface area contributed by atoms with Gasteiger partial charge in [-0.25, -0.2) is 9.48 Å². The summed E-state index contributed by atoms with van der Waals surface area (Å²) in [5.74, 6) is 0.645. The number of anilines is 1. The maximum Gasteiger partial charge on any atom is 0.342 e. The third kappa shape index (κ3) is 3.80. The zero-order valence-corrected chi connectivity index (χ0v) is 13.9. The van der Waals surface area contributed by atoms with Crippen LogP contribution in [0.4, 0.5) is 5.82 Å². The molecule has 2 aromatic rings. The molecule has 2 aromatic heterocycles. The average Bonchev–Trinajstić information content (AvgIpc) is 3.04. The van der Waals surface area contributed by atoms with E-state index in [1.54, 1.807) is 36.9 Å². The molecule has 2 heterocycles. The molecule has 0 radical (unpaired) electrons. The molecule has 1 N–H and O–H groups in total. The number of aryl methyl sites for hydroxylation is 2. The predicted molar refractivity (Wildman–Crippen MR) is 84.3 cm³/mol. The third-order valence-corrected chi connectivity index (χ3v) is 3.32. The van der Waals surface area contributed by atoms with E-state index in [2.05, 4.69) is 10.4 Å². The molecule has 2 rings (SSSR count). The summed E-state index contributed by atoms with van der Waals surface area (Å²) in [4.78, 5) is 24.3. The second kappa shape index (κ2) is 6.68. The van der Waals surface area contributed by atoms with Gasteiger partial charge in [0.25, 0.3) is 5.91 Å². The number of furan rings is 1. The smallest absolute Gasteiger partial charge is 0.342 e. The van der Waals surface area contributed by atoms with Gasteiger partial charge in [0.1, 0.15) is 22.9 Å². The third-order valence-electron chi connectivity index (χ3n) is 3.32. The molecule has 124 valence electrons. The van der Waals surface area contributed by atoms with Crippen LogP contribution >= 0.6 is 0 Å². The molecule has 7 heteroatoms. The first-order valence-corrected chi connectivity index (χ1v) is 7.42. The Morgan fingerprint density at radius 1 is 1.30 bits per heavy atom. The molecule has 0 saturated heterocycles. The molecular weight excluding hydrogens is 298 g/mol. The van der Waals surface area contributed by atoms with Gasteiger partial charge in [-0.2, -0.15) is 5.10 Å². The molecule has 7 nitrogen and oxygen atoms in total. The monoisotopic (exact) mass is 319 g/mol. The van der Waals surface area contributed by atoms with Crippen molar-refractivity contribution in [3.05, 3.63) is 35.4 Å². The Labute approximate surface area is 134 Å². The summed E-state index contributed by atoms with van der Waals surface area (Å²) in [5.41, 5.74) is 0.328. The van der Waals surface area contributed by atoms with Gasteiger partial charge in [-0.15, -0.1) is 0 Å². The Balaban J connectivity index is 2.01. The molecule has 0 unspecified atom stereocenters. The first-order chi connectivity index (χ1) is 10.8. The van der Waals surface area contributed by atoms with Gasteiger partial charge in [-0.1, -0.05) is 0 Å². The second-order valence-corrected chi connectivity index (χ2v) is 5.62. The highest BCUT2D eigenvalue weighted by atomic mass is 16.5. The summed E-state index contributed by atoms with van der Waals surface area (Å²) in [6, 6.07) is 3.39. The number of hydrogen-bond acceptors (Lipinski definition) is 5. The van der Waals surface area contributed by atoms with E-state index in [1.807, 2.05) is 13.8 Å². The lowest BCUT2D eigenvalue weighted by Crippen LogP contribution is -2.31. The van der Waals surface area contributed by atoms with Crippen LogP contribution < -0.4 is 5.32 Å². The molecule has 0 fully saturated rings. The van der Waals surface area contributed by atoms with Crippen molar-refractivity contribution in [2.24, 2.45) is 0 Å². The molecule has 23 heavy (non-hydrogen) atoms. The molecule has 0 spiro atoms. The number of aromatic nitrogens is 2. The van der Waals surface area contributed by atoms with Gasteiger partial charge in [0.05, 0.1) is 6.20 Å². The molecule has 0 saturated carbocycles. The molecule has 0 aliphatic carbocycles. The van der Waals surface area contributed by atoms with Crippen molar-refractivity contribution in [3.63, 3.8) is 0 Å². The number of nitrogens with one attached hydrogen (secondary N) is 1. The molecule has 0 aliphatic rings. The minimum absolute atomic E-state index is 0.106. The maximum absolute atomic E-state index is 12.2. The highest BCUT2D eigenvalue weighted by molar-refractivity contribution is 5.97. The highest BCUT2D eigenvalue weighted by Crippen LogP contribution is 2.17. The van der Waals surface area contributed by atoms with Crippen LogP contribution in [0.1, 0.15) is 48.7 Å². The fourth-order valence-electron chi connectivity index (χ4n) is 2.16. The van der Waals surface area contributed by atoms with Crippen LogP contribution in [0.25, 0.3) is 0 Å². The standard InChI is InChI=1S/C16H21N3O4/c1-9(2)19-14(6-7-17-19)18-15(20)12(5)23-16(21)13-8-10(3)22-11(13)4/h6-9,12H,1-5H3,(H,18,20)/t12-/m1/s1. The minimum Gasteiger partial charge on any atom is -0.466 e. The van der Waals surface area contributed by atoms with Crippen LogP contribution in [0.5, 0.6) is 0 Å². The van der Waals surface area contributed by atoms with E-state index in [0.29, 0.717) is 22.9 Å². The van der Waals surface area contributed by atoms with E-state index in [4.69, 9.17) is 9.15 Å². The Kier molecular flexibility index (Phi) is 4.88. The van der Waals surface area contributed by atoms with Crippen LogP contribution in [-0.2, 0) is 9.53 Å². The van der Waals surface area contributed by atoms with Crippen molar-refractivity contribution in [3.8, 4) is 0 Å². The number of amides is 1. The number of rotatable bonds is 5. The molecule has 1 atom stereocenters. The van der Waals surface area contributed by atoms with Crippen LogP contribution in [0, 0.1) is 13.8 Å². The van der Waals surface area contributed by atoms with Gasteiger partial charge in [-0.05, 0) is 40.7 Å². The zero-order chi connectivity index (χ0) is 17.1. The first kappa shape index (κ1) is 16.8. The number of esters is 1. The molecule has 1 amide bonds. The number of hydrogen-bond donors (Lipinski definition) is 1. The van der Waals surface area contributed by atoms with Crippen LogP contribution in [0.3, 0.4) is 0 Å². The van der Waals surface area contributed by atoms with E-state index >= 15 is 0 Å². The lowest BCUT2D eigenvalue weighted by molar-refractivity contribution is -0.123. The quantitative estimate of drug-likeness (QED) is 0.856. The minimum atomic E-state index is -0.937. The maximum atomic E-state index is 12.2. The Morgan fingerprint density at radius 2 is 2.00 bits per heavy atom. The zero-order valence-electron chi connectivity index (χ0n) is 13.9. The van der Waals surface area contributed by atoms with Crippen molar-refractivity contribution in [1.82, 2.24) is 9.78 Å². The molecule has 0 bridgehead atoms. The van der Waals surface area contributed by atoms with Gasteiger partial charge in [0.15, 0.2) is 6.10 Å². The van der Waals surface area contributed by atoms with Crippen LogP contribution in [-0.4, -0.2) is 27.8 Å². The largest absolute Gasteiger partial charge is 0.466 e. The normalized spacial score (nSPS) is 12.3. The van der Waals surface area contributed by atoms with Crippen LogP contribution in [0.2, 0.25) is 0 Å². The predicted octanol–water partition coefficient (Wildman–Crippen LogP) is 2.86. The summed E-state index contributed by atoms with van der Waals surface area (Å²) in [6.45, 7) is 8.85. The Bertz CT molecular complexity index is 715. The first-order valence-electron chi connectivity index (χ1n) is 7.42. The summed E-state index contributed by atoms with van der Waals surface area (Å²) >= 11 is 0. The molecule has 0 aromatic carbocycles. The highest BCUT2D eigenvalue weighted by Gasteiger charge is 2.23. The topological polar surface area (TPSA) is 86.4 Å². The summed E-state index contributed by atoms with van der Waals surface area (Å²) in [5, 5.41) is 6.84. The lowest BCUT2D eigenvalue weighted by atomic mass is 10.2. The fourth-order valence-corrected chi connectivity index (χ4v) is 2.16. The van der Waals surface area contributed by atoms with Crippen molar-refractivity contribution in [2.45, 2.75) is 46.8 Å². The fraction of sp³-hybridized carbons (Fsp3) is 0.438. The van der Waals surface area contributed by atoms with Gasteiger partial charge in [0.2, 0.25) is 0 Å². The Hall–Kier alpha value is -2.57. The van der Waals surface area contributed by atoms with Gasteiger partial charge in [-0.3, -0.25) is 4.79 Å². The summed E-state index contributed by atoms with van der Waals surface area (Å²) in [7, 11) is 0. The molecular formula is C16H21N3O4. The number of carbonyl (C=O) groups excluding carboxylic acids is 2. The Morgan fingerprint density at radius 3 is 2.57 bits per heavy atom. The molecule has 0 aliphatic heterocycles. The number of carbonyl (C=O) groups is 2. The van der Waals surface area contributed by atoms with E-state index in [9.17, 15) is 9.59 Å². The van der Waals surface area contributed by atoms with Gasteiger partial charge in [0, 0.05) is 12.1 Å². The van der Waals surface area contributed by atoms with Crippen molar-refractivity contribution in [1.29, 1.82) is 0 Å². The van der Waals surface area contributed by atoms with E-state index in [0.717, 1.165) is 0 Å². The van der Waals surface area contributed by atoms with Crippen molar-refractivity contribution >= 4 is 17.7 Å². The number of nitrogens with zero attached hydrogens (tertiary/aromatic N) is 2. The van der Waals surface area contributed by atoms with Crippen LogP contribution in [0.15, 0.2) is 22.7 Å².